The van der Waals surface area contributed by atoms with Gasteiger partial charge in [0.05, 0.1) is 5.92 Å². The fourth-order valence-electron chi connectivity index (χ4n) is 2.08. The predicted octanol–water partition coefficient (Wildman–Crippen LogP) is 3.27. The maximum Gasteiger partial charge on any atom is 0.311 e. The monoisotopic (exact) mass is 228 g/mol. The first kappa shape index (κ1) is 13.5. The first-order valence-corrected chi connectivity index (χ1v) is 6.50. The predicted molar refractivity (Wildman–Crippen MR) is 63.0 cm³/mol. The Morgan fingerprint density at radius 3 is 2.38 bits per heavy atom. The molecular formula is C13H24O3. The van der Waals surface area contributed by atoms with Gasteiger partial charge in [-0.2, -0.15) is 0 Å². The van der Waals surface area contributed by atoms with E-state index in [4.69, 9.17) is 9.47 Å². The summed E-state index contributed by atoms with van der Waals surface area (Å²) in [6.07, 6.45) is 5.92. The van der Waals surface area contributed by atoms with Crippen molar-refractivity contribution in [3.8, 4) is 0 Å². The maximum absolute atomic E-state index is 11.8. The molecule has 0 aliphatic heterocycles. The SMILES string of the molecule is CCOC1(OC(=O)C(C)CC)CCCCC1. The first-order valence-electron chi connectivity index (χ1n) is 6.50. The molecule has 0 saturated heterocycles. The summed E-state index contributed by atoms with van der Waals surface area (Å²) in [7, 11) is 0. The van der Waals surface area contributed by atoms with E-state index in [0.29, 0.717) is 6.61 Å². The van der Waals surface area contributed by atoms with E-state index in [1.165, 1.54) is 6.42 Å². The number of ether oxygens (including phenoxy) is 2. The molecule has 3 heteroatoms. The molecule has 1 aliphatic carbocycles. The van der Waals surface area contributed by atoms with Crippen LogP contribution in [0.3, 0.4) is 0 Å². The van der Waals surface area contributed by atoms with Gasteiger partial charge in [0.15, 0.2) is 0 Å². The van der Waals surface area contributed by atoms with Gasteiger partial charge in [-0.05, 0) is 26.2 Å². The lowest BCUT2D eigenvalue weighted by Gasteiger charge is -2.36. The zero-order valence-corrected chi connectivity index (χ0v) is 10.8. The van der Waals surface area contributed by atoms with Crippen molar-refractivity contribution >= 4 is 5.97 Å². The molecule has 0 amide bonds. The van der Waals surface area contributed by atoms with Gasteiger partial charge in [-0.15, -0.1) is 0 Å². The summed E-state index contributed by atoms with van der Waals surface area (Å²) >= 11 is 0. The van der Waals surface area contributed by atoms with Crippen LogP contribution in [0, 0.1) is 5.92 Å². The van der Waals surface area contributed by atoms with Crippen LogP contribution < -0.4 is 0 Å². The summed E-state index contributed by atoms with van der Waals surface area (Å²) in [5, 5.41) is 0. The van der Waals surface area contributed by atoms with E-state index in [1.54, 1.807) is 0 Å². The zero-order chi connectivity index (χ0) is 12.0. The van der Waals surface area contributed by atoms with E-state index >= 15 is 0 Å². The summed E-state index contributed by atoms with van der Waals surface area (Å²) in [5.74, 6) is -0.759. The van der Waals surface area contributed by atoms with Crippen molar-refractivity contribution in [2.24, 2.45) is 5.92 Å². The number of hydrogen-bond donors (Lipinski definition) is 0. The van der Waals surface area contributed by atoms with Crippen LogP contribution in [0.5, 0.6) is 0 Å². The third-order valence-corrected chi connectivity index (χ3v) is 3.32. The molecule has 1 atom stereocenters. The Bertz CT molecular complexity index is 214. The maximum atomic E-state index is 11.8. The lowest BCUT2D eigenvalue weighted by molar-refractivity contribution is -0.245. The minimum absolute atomic E-state index is 0.0285. The fraction of sp³-hybridized carbons (Fsp3) is 0.923. The van der Waals surface area contributed by atoms with Crippen LogP contribution in [0.4, 0.5) is 0 Å². The van der Waals surface area contributed by atoms with Gasteiger partial charge in [0.1, 0.15) is 0 Å². The molecule has 1 saturated carbocycles. The standard InChI is InChI=1S/C13H24O3/c1-4-11(3)12(14)16-13(15-5-2)9-7-6-8-10-13/h11H,4-10H2,1-3H3. The van der Waals surface area contributed by atoms with E-state index in [-0.39, 0.29) is 11.9 Å². The molecule has 1 aliphatic rings. The summed E-state index contributed by atoms with van der Waals surface area (Å²) in [4.78, 5) is 11.8. The van der Waals surface area contributed by atoms with Gasteiger partial charge in [0, 0.05) is 19.4 Å². The molecule has 1 rings (SSSR count). The molecule has 3 nitrogen and oxygen atoms in total. The van der Waals surface area contributed by atoms with Crippen LogP contribution in [-0.2, 0) is 14.3 Å². The second-order valence-corrected chi connectivity index (χ2v) is 4.63. The Labute approximate surface area is 98.5 Å². The minimum Gasteiger partial charge on any atom is -0.433 e. The lowest BCUT2D eigenvalue weighted by Crippen LogP contribution is -2.41. The van der Waals surface area contributed by atoms with E-state index in [2.05, 4.69) is 0 Å². The minimum atomic E-state index is -0.618. The van der Waals surface area contributed by atoms with Crippen molar-refractivity contribution in [1.29, 1.82) is 0 Å². The molecular weight excluding hydrogens is 204 g/mol. The molecule has 0 radical (unpaired) electrons. The van der Waals surface area contributed by atoms with E-state index in [1.807, 2.05) is 20.8 Å². The van der Waals surface area contributed by atoms with E-state index in [0.717, 1.165) is 32.1 Å². The van der Waals surface area contributed by atoms with Gasteiger partial charge in [-0.25, -0.2) is 0 Å². The Kier molecular flexibility index (Phi) is 5.26. The van der Waals surface area contributed by atoms with Gasteiger partial charge in [-0.1, -0.05) is 20.3 Å². The highest BCUT2D eigenvalue weighted by atomic mass is 16.7. The van der Waals surface area contributed by atoms with E-state index in [9.17, 15) is 4.79 Å². The van der Waals surface area contributed by atoms with Crippen molar-refractivity contribution in [1.82, 2.24) is 0 Å². The average molecular weight is 228 g/mol. The molecule has 0 aromatic rings. The summed E-state index contributed by atoms with van der Waals surface area (Å²) in [5.41, 5.74) is 0. The molecule has 0 aromatic heterocycles. The second kappa shape index (κ2) is 6.24. The second-order valence-electron chi connectivity index (χ2n) is 4.63. The zero-order valence-electron chi connectivity index (χ0n) is 10.8. The van der Waals surface area contributed by atoms with Gasteiger partial charge in [0.2, 0.25) is 5.79 Å². The fourth-order valence-corrected chi connectivity index (χ4v) is 2.08. The molecule has 1 fully saturated rings. The van der Waals surface area contributed by atoms with Gasteiger partial charge in [-0.3, -0.25) is 4.79 Å². The highest BCUT2D eigenvalue weighted by Crippen LogP contribution is 2.33. The highest BCUT2D eigenvalue weighted by Gasteiger charge is 2.37. The van der Waals surface area contributed by atoms with Crippen LogP contribution in [0.25, 0.3) is 0 Å². The van der Waals surface area contributed by atoms with Crippen LogP contribution in [0.15, 0.2) is 0 Å². The highest BCUT2D eigenvalue weighted by molar-refractivity contribution is 5.72. The lowest BCUT2D eigenvalue weighted by atomic mass is 9.93. The van der Waals surface area contributed by atoms with E-state index < -0.39 is 5.79 Å². The van der Waals surface area contributed by atoms with Crippen molar-refractivity contribution in [3.05, 3.63) is 0 Å². The molecule has 94 valence electrons. The van der Waals surface area contributed by atoms with Crippen molar-refractivity contribution in [3.63, 3.8) is 0 Å². The van der Waals surface area contributed by atoms with Crippen LogP contribution in [0.1, 0.15) is 59.3 Å². The molecule has 0 spiro atoms. The average Bonchev–Trinajstić information content (AvgIpc) is 2.29. The smallest absolute Gasteiger partial charge is 0.311 e. The number of carbonyl (C=O) groups excluding carboxylic acids is 1. The summed E-state index contributed by atoms with van der Waals surface area (Å²) in [6.45, 7) is 6.46. The normalized spacial score (nSPS) is 21.4. The number of hydrogen-bond acceptors (Lipinski definition) is 3. The number of rotatable bonds is 5. The van der Waals surface area contributed by atoms with Crippen LogP contribution >= 0.6 is 0 Å². The quantitative estimate of drug-likeness (QED) is 0.535. The topological polar surface area (TPSA) is 35.5 Å². The van der Waals surface area contributed by atoms with Gasteiger partial charge < -0.3 is 9.47 Å². The largest absolute Gasteiger partial charge is 0.433 e. The molecule has 0 heterocycles. The summed E-state index contributed by atoms with van der Waals surface area (Å²) in [6, 6.07) is 0. The number of carbonyl (C=O) groups is 1. The Balaban J connectivity index is 2.59. The van der Waals surface area contributed by atoms with Crippen LogP contribution in [0.2, 0.25) is 0 Å². The Morgan fingerprint density at radius 2 is 1.88 bits per heavy atom. The molecule has 16 heavy (non-hydrogen) atoms. The molecule has 1 unspecified atom stereocenters. The molecule has 0 bridgehead atoms. The molecule has 0 aromatic carbocycles. The first-order chi connectivity index (χ1) is 7.63. The third-order valence-electron chi connectivity index (χ3n) is 3.32. The molecule has 0 N–H and O–H groups in total. The van der Waals surface area contributed by atoms with Gasteiger partial charge in [0.25, 0.3) is 0 Å². The van der Waals surface area contributed by atoms with Crippen molar-refractivity contribution < 1.29 is 14.3 Å². The third kappa shape index (κ3) is 3.48. The Morgan fingerprint density at radius 1 is 1.25 bits per heavy atom. The summed E-state index contributed by atoms with van der Waals surface area (Å²) < 4.78 is 11.3. The van der Waals surface area contributed by atoms with Crippen molar-refractivity contribution in [2.75, 3.05) is 6.61 Å². The van der Waals surface area contributed by atoms with Crippen LogP contribution in [-0.4, -0.2) is 18.4 Å². The number of esters is 1. The van der Waals surface area contributed by atoms with Gasteiger partial charge >= 0.3 is 5.97 Å². The Hall–Kier alpha value is -0.570. The van der Waals surface area contributed by atoms with Crippen molar-refractivity contribution in [2.45, 2.75) is 65.1 Å².